The predicted octanol–water partition coefficient (Wildman–Crippen LogP) is 12.3. The van der Waals surface area contributed by atoms with E-state index in [0.717, 1.165) is 96.6 Å². The molecule has 0 aromatic heterocycles. The van der Waals surface area contributed by atoms with Crippen LogP contribution >= 0.6 is 0 Å². The Morgan fingerprint density at radius 2 is 0.641 bits per heavy atom. The van der Waals surface area contributed by atoms with Crippen LogP contribution in [0.1, 0.15) is 370 Å². The number of unbranched alkanes of at least 4 members (excludes halogenated alkanes) is 3. The van der Waals surface area contributed by atoms with Crippen molar-refractivity contribution in [3.8, 4) is 0 Å². The van der Waals surface area contributed by atoms with Gasteiger partial charge in [-0.1, -0.05) is 206 Å². The van der Waals surface area contributed by atoms with Gasteiger partial charge in [0.1, 0.15) is 18.3 Å². The van der Waals surface area contributed by atoms with Gasteiger partial charge in [0.15, 0.2) is 0 Å². The first-order valence-corrected chi connectivity index (χ1v) is 45.1. The minimum absolute atomic E-state index is 0.0841. The molecule has 0 aromatic carbocycles. The van der Waals surface area contributed by atoms with Gasteiger partial charge in [-0.25, -0.2) is 0 Å². The summed E-state index contributed by atoms with van der Waals surface area (Å²) in [5, 5.41) is 193. The number of aliphatic hydroxyl groups excluding tert-OH is 21. The number of rotatable bonds is 44. The van der Waals surface area contributed by atoms with Crippen LogP contribution in [-0.2, 0) is 0 Å². The number of β-amino-alcohol motifs (C(OH)–C–C–N with tert-alkyl or cyclic N) is 3. The summed E-state index contributed by atoms with van der Waals surface area (Å²) < 4.78 is 0. The maximum Gasteiger partial charge on any atom is 0.108 e. The third-order valence-corrected chi connectivity index (χ3v) is 19.8. The highest BCUT2D eigenvalue weighted by molar-refractivity contribution is 4.82. The third kappa shape index (κ3) is 102. The SMILES string of the molecule is CC(C)CC(O)CO.CCC(CO)C(C)(C)C.CCC(O)C(O)C(O)CCC(C)(C)C.CCC(O)C(O)CC(C)(C)C.CCC(O)C(O)CC(C)C.CCC(O)CCC(C)(C)C.CCC(O)CCC(C)(C)C.CCC(O)CN(C)C(C)(C)C.CCC(O)CN(CC(O)CO)C(C)(C)C.CN(CCCCCCO)CCC(O)C(O)C(O)CO. The molecule has 17 unspecified atom stereocenters. The minimum atomic E-state index is -1.30. The van der Waals surface area contributed by atoms with Gasteiger partial charge < -0.3 is 112 Å². The van der Waals surface area contributed by atoms with Gasteiger partial charge in [-0.3, -0.25) is 9.80 Å². The zero-order valence-corrected chi connectivity index (χ0v) is 82.8. The Labute approximate surface area is 721 Å². The maximum atomic E-state index is 9.63. The van der Waals surface area contributed by atoms with Crippen molar-refractivity contribution in [2.24, 2.45) is 44.8 Å². The molecule has 24 heteroatoms. The van der Waals surface area contributed by atoms with Gasteiger partial charge in [0.2, 0.25) is 0 Å². The summed E-state index contributed by atoms with van der Waals surface area (Å²) in [5.41, 5.74) is 1.30. The lowest BCUT2D eigenvalue weighted by Gasteiger charge is -2.37. The summed E-state index contributed by atoms with van der Waals surface area (Å²) in [7, 11) is 3.98. The molecule has 0 fully saturated rings. The standard InChI is InChI=1S/C13H29NO5.C11H25NO3.C11H24O3.C9H21NO.C9H20O2.2C9H20O.C8H18O2.C8H18O.C6H14O2/c1-14(7-4-2-3-5-9-15)8-6-11(17)13(19)12(18)10-16;1-5-9(14)6-12(11(2,3)4)7-10(15)8-13;1-5-8(12)10(14)9(13)6-7-11(2,3)4;1-6-8(11)7-10(5)9(2,3)4;1-5-7(10)8(11)6-9(2,3)4;2*1-5-8(10)6-7-9(2,3)4;1-4-7(9)8(10)5-6(2)3;1-5-7(6-9)8(2,3)4;1-5(2)3-6(8)4-7/h11-13,15-19H,2-10H2,1H3;9-10,13-15H,5-8H2,1-4H3;8-10,12-14H,5-7H2,1-4H3;8,11H,6-7H2,1-5H3;7-8,10-11H,5-6H2,1-4H3;2*8,10H,5-7H2,1-4H3;6-10H,4-5H2,1-3H3;7,9H,5-6H2,1-4H3;5-8H,3-4H2,1-2H3. The molecule has 0 aromatic rings. The van der Waals surface area contributed by atoms with E-state index in [0.29, 0.717) is 113 Å². The lowest BCUT2D eigenvalue weighted by Crippen LogP contribution is -2.49. The summed E-state index contributed by atoms with van der Waals surface area (Å²) in [6.45, 7) is 71.2. The Balaban J connectivity index is -0.000000137. The zero-order chi connectivity index (χ0) is 94.8. The monoisotopic (exact) mass is 1700 g/mol. The molecule has 24 nitrogen and oxygen atoms in total. The molecule has 17 atom stereocenters. The second kappa shape index (κ2) is 77.4. The second-order valence-electron chi connectivity index (χ2n) is 41.2. The Kier molecular flexibility index (Phi) is 90.3. The highest BCUT2D eigenvalue weighted by Gasteiger charge is 2.29. The molecule has 0 aliphatic rings. The number of nitrogens with zero attached hydrogens (tertiary/aromatic N) is 3. The summed E-state index contributed by atoms with van der Waals surface area (Å²) in [6.07, 6.45) is 7.46. The van der Waals surface area contributed by atoms with E-state index in [4.69, 9.17) is 35.7 Å². The molecule has 0 amide bonds. The first-order chi connectivity index (χ1) is 53.0. The second-order valence-corrected chi connectivity index (χ2v) is 41.2. The smallest absolute Gasteiger partial charge is 0.108 e. The molecule has 21 N–H and O–H groups in total. The topological polar surface area (TPSA) is 435 Å². The van der Waals surface area contributed by atoms with E-state index in [1.165, 1.54) is 0 Å². The third-order valence-electron chi connectivity index (χ3n) is 19.8. The highest BCUT2D eigenvalue weighted by Crippen LogP contribution is 2.29. The van der Waals surface area contributed by atoms with Crippen molar-refractivity contribution in [3.05, 3.63) is 0 Å². The molecule has 0 aliphatic carbocycles. The number of aliphatic hydroxyl groups is 21. The molecule has 0 radical (unpaired) electrons. The summed E-state index contributed by atoms with van der Waals surface area (Å²) in [6, 6.07) is 0. The van der Waals surface area contributed by atoms with E-state index in [9.17, 15) is 71.5 Å². The Morgan fingerprint density at radius 3 is 0.932 bits per heavy atom. The van der Waals surface area contributed by atoms with Crippen LogP contribution in [0, 0.1) is 44.8 Å². The first kappa shape index (κ1) is 137. The maximum absolute atomic E-state index is 9.63. The van der Waals surface area contributed by atoms with Crippen LogP contribution in [0.2, 0.25) is 0 Å². The number of hydrogen-bond donors (Lipinski definition) is 21. The van der Waals surface area contributed by atoms with Crippen LogP contribution in [0.3, 0.4) is 0 Å². The molecule has 0 heterocycles. The van der Waals surface area contributed by atoms with Crippen LogP contribution in [0.15, 0.2) is 0 Å². The zero-order valence-electron chi connectivity index (χ0n) is 82.8. The molecule has 0 saturated heterocycles. The van der Waals surface area contributed by atoms with E-state index in [1.807, 2.05) is 109 Å². The van der Waals surface area contributed by atoms with Crippen molar-refractivity contribution in [1.29, 1.82) is 0 Å². The summed E-state index contributed by atoms with van der Waals surface area (Å²) in [5.74, 6) is 1.38. The molecule has 0 saturated carbocycles. The van der Waals surface area contributed by atoms with Crippen molar-refractivity contribution in [1.82, 2.24) is 14.7 Å². The Morgan fingerprint density at radius 1 is 0.282 bits per heavy atom. The lowest BCUT2D eigenvalue weighted by molar-refractivity contribution is -0.0796. The van der Waals surface area contributed by atoms with E-state index in [1.54, 1.807) is 6.92 Å². The van der Waals surface area contributed by atoms with E-state index in [2.05, 4.69) is 141 Å². The minimum Gasteiger partial charge on any atom is -0.396 e. The van der Waals surface area contributed by atoms with Gasteiger partial charge in [-0.2, -0.15) is 0 Å². The fraction of sp³-hybridized carbons (Fsp3) is 1.00. The van der Waals surface area contributed by atoms with Crippen molar-refractivity contribution in [3.63, 3.8) is 0 Å². The fourth-order valence-corrected chi connectivity index (χ4v) is 10.3. The van der Waals surface area contributed by atoms with Crippen molar-refractivity contribution < 1.29 is 107 Å². The molecule has 0 spiro atoms. The molecule has 0 rings (SSSR count). The molecule has 117 heavy (non-hydrogen) atoms. The lowest BCUT2D eigenvalue weighted by atomic mass is 9.80. The molecular weight excluding hydrogens is 1500 g/mol. The largest absolute Gasteiger partial charge is 0.396 e. The molecular formula is C93H209N3O21. The van der Waals surface area contributed by atoms with Gasteiger partial charge in [0.25, 0.3) is 0 Å². The number of likely N-dealkylation sites (N-methyl/N-ethyl adjacent to an activating group) is 1. The van der Waals surface area contributed by atoms with E-state index < -0.39 is 79.9 Å². The van der Waals surface area contributed by atoms with Gasteiger partial charge in [0, 0.05) is 50.5 Å². The van der Waals surface area contributed by atoms with Crippen LogP contribution in [0.25, 0.3) is 0 Å². The Bertz CT molecular complexity index is 1980. The molecule has 0 bridgehead atoms. The first-order valence-electron chi connectivity index (χ1n) is 45.1. The quantitative estimate of drug-likeness (QED) is 0.0252. The fourth-order valence-electron chi connectivity index (χ4n) is 10.3. The average Bonchev–Trinajstić information content (AvgIpc) is 0.874. The average molecular weight is 1710 g/mol. The molecule has 0 aliphatic heterocycles. The van der Waals surface area contributed by atoms with Gasteiger partial charge in [-0.15, -0.1) is 0 Å². The predicted molar refractivity (Wildman–Crippen MR) is 490 cm³/mol. The highest BCUT2D eigenvalue weighted by atomic mass is 16.4. The van der Waals surface area contributed by atoms with Crippen LogP contribution in [0.4, 0.5) is 0 Å². The van der Waals surface area contributed by atoms with Gasteiger partial charge in [-0.05, 0) is 229 Å². The Hall–Kier alpha value is -0.960. The van der Waals surface area contributed by atoms with Crippen molar-refractivity contribution in [2.75, 3.05) is 79.9 Å². The summed E-state index contributed by atoms with van der Waals surface area (Å²) in [4.78, 5) is 6.21. The summed E-state index contributed by atoms with van der Waals surface area (Å²) >= 11 is 0. The van der Waals surface area contributed by atoms with Crippen LogP contribution in [0.5, 0.6) is 0 Å². The van der Waals surface area contributed by atoms with Crippen LogP contribution in [-0.4, -0.2) is 311 Å². The van der Waals surface area contributed by atoms with E-state index in [-0.39, 0.29) is 71.6 Å². The number of hydrogen-bond acceptors (Lipinski definition) is 24. The van der Waals surface area contributed by atoms with Gasteiger partial charge >= 0.3 is 0 Å². The van der Waals surface area contributed by atoms with Crippen molar-refractivity contribution >= 4 is 0 Å². The van der Waals surface area contributed by atoms with E-state index >= 15 is 0 Å². The van der Waals surface area contributed by atoms with Gasteiger partial charge in [0.05, 0.1) is 99.2 Å². The van der Waals surface area contributed by atoms with Crippen molar-refractivity contribution in [2.45, 2.75) is 478 Å². The normalized spacial score (nSPS) is 16.6. The molecule has 722 valence electrons. The van der Waals surface area contributed by atoms with Crippen LogP contribution < -0.4 is 0 Å².